The number of anilines is 1. The third-order valence-corrected chi connectivity index (χ3v) is 4.62. The average molecular weight is 471 g/mol. The molecule has 0 atom stereocenters. The Kier molecular flexibility index (Phi) is 5.14. The van der Waals surface area contributed by atoms with Gasteiger partial charge in [-0.2, -0.15) is 0 Å². The van der Waals surface area contributed by atoms with Crippen LogP contribution in [0.25, 0.3) is 11.0 Å². The summed E-state index contributed by atoms with van der Waals surface area (Å²) in [4.78, 5) is 16.6. The van der Waals surface area contributed by atoms with Gasteiger partial charge >= 0.3 is 0 Å². The van der Waals surface area contributed by atoms with Crippen LogP contribution in [0.5, 0.6) is 5.88 Å². The Labute approximate surface area is 163 Å². The van der Waals surface area contributed by atoms with Gasteiger partial charge in [0.2, 0.25) is 5.88 Å². The molecule has 6 nitrogen and oxygen atoms in total. The number of aromatic nitrogens is 3. The number of nitrogens with one attached hydrogen (secondary N) is 1. The van der Waals surface area contributed by atoms with Gasteiger partial charge < -0.3 is 10.1 Å². The molecular formula is C17H16ClIN4O2. The molecule has 0 spiro atoms. The van der Waals surface area contributed by atoms with Gasteiger partial charge in [-0.05, 0) is 66.3 Å². The number of halogens is 2. The predicted molar refractivity (Wildman–Crippen MR) is 106 cm³/mol. The molecule has 1 aromatic carbocycles. The van der Waals surface area contributed by atoms with Crippen molar-refractivity contribution in [2.45, 2.75) is 13.8 Å². The van der Waals surface area contributed by atoms with Gasteiger partial charge in [-0.3, -0.25) is 4.79 Å². The molecule has 0 saturated carbocycles. The monoisotopic (exact) mass is 470 g/mol. The first kappa shape index (κ1) is 17.9. The predicted octanol–water partition coefficient (Wildman–Crippen LogP) is 3.86. The Balaban J connectivity index is 1.75. The third-order valence-electron chi connectivity index (χ3n) is 3.63. The molecule has 1 amide bonds. The smallest absolute Gasteiger partial charge is 0.262 e. The Morgan fingerprint density at radius 3 is 2.84 bits per heavy atom. The summed E-state index contributed by atoms with van der Waals surface area (Å²) in [5.41, 5.74) is 3.20. The van der Waals surface area contributed by atoms with Crippen molar-refractivity contribution in [1.29, 1.82) is 0 Å². The van der Waals surface area contributed by atoms with Gasteiger partial charge in [0.1, 0.15) is 0 Å². The highest BCUT2D eigenvalue weighted by molar-refractivity contribution is 14.1. The zero-order valence-electron chi connectivity index (χ0n) is 13.9. The highest BCUT2D eigenvalue weighted by Crippen LogP contribution is 2.27. The lowest BCUT2D eigenvalue weighted by molar-refractivity contribution is -0.118. The molecular weight excluding hydrogens is 455 g/mol. The number of carbonyl (C=O) groups excluding carboxylic acids is 1. The number of fused-ring (bicyclic) bond motifs is 1. The molecule has 0 radical (unpaired) electrons. The molecule has 130 valence electrons. The van der Waals surface area contributed by atoms with E-state index in [1.807, 2.05) is 26.0 Å². The lowest BCUT2D eigenvalue weighted by Gasteiger charge is -2.08. The van der Waals surface area contributed by atoms with Crippen LogP contribution in [0.15, 0.2) is 24.3 Å². The van der Waals surface area contributed by atoms with Crippen LogP contribution in [-0.4, -0.2) is 27.3 Å². The number of pyridine rings is 1. The lowest BCUT2D eigenvalue weighted by atomic mass is 10.2. The standard InChI is InChI=1S/C17H16ClIN4O2/c1-9-6-10(2)20-16-15(9)17(22-23(16)3)25-8-14(24)21-13-5-4-11(19)7-12(13)18/h4-7H,8H2,1-3H3,(H,21,24). The van der Waals surface area contributed by atoms with E-state index in [2.05, 4.69) is 38.0 Å². The first-order valence-electron chi connectivity index (χ1n) is 7.54. The Morgan fingerprint density at radius 2 is 2.12 bits per heavy atom. The molecule has 1 N–H and O–H groups in total. The summed E-state index contributed by atoms with van der Waals surface area (Å²) in [5, 5.41) is 8.36. The maximum absolute atomic E-state index is 12.2. The third kappa shape index (κ3) is 3.87. The summed E-state index contributed by atoms with van der Waals surface area (Å²) in [6.07, 6.45) is 0. The number of rotatable bonds is 4. The summed E-state index contributed by atoms with van der Waals surface area (Å²) < 4.78 is 8.28. The second-order valence-corrected chi connectivity index (χ2v) is 7.32. The first-order valence-corrected chi connectivity index (χ1v) is 8.99. The molecule has 2 heterocycles. The van der Waals surface area contributed by atoms with E-state index in [-0.39, 0.29) is 12.5 Å². The van der Waals surface area contributed by atoms with Crippen LogP contribution in [0.3, 0.4) is 0 Å². The summed E-state index contributed by atoms with van der Waals surface area (Å²) in [5.74, 6) is 0.0889. The van der Waals surface area contributed by atoms with Gasteiger partial charge in [0, 0.05) is 16.3 Å². The fourth-order valence-electron chi connectivity index (χ4n) is 2.56. The van der Waals surface area contributed by atoms with Crippen molar-refractivity contribution < 1.29 is 9.53 Å². The van der Waals surface area contributed by atoms with Gasteiger partial charge in [0.15, 0.2) is 12.3 Å². The molecule has 0 aliphatic carbocycles. The van der Waals surface area contributed by atoms with Gasteiger partial charge in [0.05, 0.1) is 16.1 Å². The Morgan fingerprint density at radius 1 is 1.36 bits per heavy atom. The molecule has 0 aliphatic rings. The van der Waals surface area contributed by atoms with Crippen LogP contribution in [0.2, 0.25) is 5.02 Å². The summed E-state index contributed by atoms with van der Waals surface area (Å²) in [6.45, 7) is 3.73. The zero-order valence-corrected chi connectivity index (χ0v) is 16.8. The number of benzene rings is 1. The van der Waals surface area contributed by atoms with Gasteiger partial charge in [-0.1, -0.05) is 11.6 Å². The number of amides is 1. The van der Waals surface area contributed by atoms with E-state index in [1.165, 1.54) is 0 Å². The van der Waals surface area contributed by atoms with E-state index in [4.69, 9.17) is 16.3 Å². The van der Waals surface area contributed by atoms with Crippen molar-refractivity contribution in [3.63, 3.8) is 0 Å². The fourth-order valence-corrected chi connectivity index (χ4v) is 3.46. The van der Waals surface area contributed by atoms with Crippen LogP contribution in [0.1, 0.15) is 11.3 Å². The summed E-state index contributed by atoms with van der Waals surface area (Å²) >= 11 is 8.28. The van der Waals surface area contributed by atoms with E-state index in [0.29, 0.717) is 16.6 Å². The minimum atomic E-state index is -0.306. The zero-order chi connectivity index (χ0) is 18.1. The maximum atomic E-state index is 12.2. The van der Waals surface area contributed by atoms with Gasteiger partial charge in [0.25, 0.3) is 5.91 Å². The van der Waals surface area contributed by atoms with Crippen molar-refractivity contribution in [2.24, 2.45) is 7.05 Å². The average Bonchev–Trinajstić information content (AvgIpc) is 2.84. The second-order valence-electron chi connectivity index (χ2n) is 5.67. The minimum Gasteiger partial charge on any atom is -0.466 e. The minimum absolute atomic E-state index is 0.165. The number of nitrogens with zero attached hydrogens (tertiary/aromatic N) is 3. The van der Waals surface area contributed by atoms with Crippen molar-refractivity contribution in [1.82, 2.24) is 14.8 Å². The van der Waals surface area contributed by atoms with Crippen LogP contribution in [-0.2, 0) is 11.8 Å². The molecule has 0 unspecified atom stereocenters. The molecule has 3 rings (SSSR count). The molecule has 25 heavy (non-hydrogen) atoms. The van der Waals surface area contributed by atoms with Crippen molar-refractivity contribution in [3.05, 3.63) is 44.1 Å². The lowest BCUT2D eigenvalue weighted by Crippen LogP contribution is -2.20. The molecule has 0 bridgehead atoms. The molecule has 8 heteroatoms. The first-order chi connectivity index (χ1) is 11.8. The number of hydrogen-bond donors (Lipinski definition) is 1. The molecule has 0 fully saturated rings. The molecule has 2 aromatic heterocycles. The number of carbonyl (C=O) groups is 1. The van der Waals surface area contributed by atoms with Crippen molar-refractivity contribution in [3.8, 4) is 5.88 Å². The van der Waals surface area contributed by atoms with Crippen molar-refractivity contribution >= 4 is 56.8 Å². The quantitative estimate of drug-likeness (QED) is 0.588. The number of ether oxygens (including phenoxy) is 1. The van der Waals surface area contributed by atoms with Crippen molar-refractivity contribution in [2.75, 3.05) is 11.9 Å². The van der Waals surface area contributed by atoms with E-state index in [1.54, 1.807) is 23.9 Å². The SMILES string of the molecule is Cc1cc(C)c2c(OCC(=O)Nc3ccc(I)cc3Cl)nn(C)c2n1. The molecule has 0 aliphatic heterocycles. The van der Waals surface area contributed by atoms with Gasteiger partial charge in [-0.25, -0.2) is 9.67 Å². The van der Waals surface area contributed by atoms with Crippen LogP contribution in [0, 0.1) is 17.4 Å². The van der Waals surface area contributed by atoms with E-state index in [9.17, 15) is 4.79 Å². The maximum Gasteiger partial charge on any atom is 0.262 e. The highest BCUT2D eigenvalue weighted by atomic mass is 127. The van der Waals surface area contributed by atoms with E-state index in [0.717, 1.165) is 25.9 Å². The highest BCUT2D eigenvalue weighted by Gasteiger charge is 2.16. The van der Waals surface area contributed by atoms with E-state index >= 15 is 0 Å². The summed E-state index contributed by atoms with van der Waals surface area (Å²) in [7, 11) is 1.80. The fraction of sp³-hybridized carbons (Fsp3) is 0.235. The van der Waals surface area contributed by atoms with Crippen LogP contribution >= 0.6 is 34.2 Å². The Hall–Kier alpha value is -1.87. The molecule has 0 saturated heterocycles. The van der Waals surface area contributed by atoms with Gasteiger partial charge in [-0.15, -0.1) is 5.10 Å². The number of aryl methyl sites for hydroxylation is 3. The number of hydrogen-bond acceptors (Lipinski definition) is 4. The topological polar surface area (TPSA) is 69.0 Å². The van der Waals surface area contributed by atoms with Crippen LogP contribution in [0.4, 0.5) is 5.69 Å². The molecule has 3 aromatic rings. The van der Waals surface area contributed by atoms with Crippen LogP contribution < -0.4 is 10.1 Å². The largest absolute Gasteiger partial charge is 0.466 e. The van der Waals surface area contributed by atoms with E-state index < -0.39 is 0 Å². The summed E-state index contributed by atoms with van der Waals surface area (Å²) in [6, 6.07) is 7.37. The Bertz CT molecular complexity index is 971. The second kappa shape index (κ2) is 7.17. The normalized spacial score (nSPS) is 10.9.